The fourth-order valence-electron chi connectivity index (χ4n) is 4.06. The fourth-order valence-corrected chi connectivity index (χ4v) is 4.06. The lowest BCUT2D eigenvalue weighted by atomic mass is 9.85. The van der Waals surface area contributed by atoms with Gasteiger partial charge in [-0.25, -0.2) is 4.39 Å². The maximum Gasteiger partial charge on any atom is 0.127 e. The molecule has 0 N–H and O–H groups in total. The van der Waals surface area contributed by atoms with Crippen molar-refractivity contribution < 1.29 is 18.6 Å². The molecular formula is C28H25FO3. The minimum atomic E-state index is -0.262. The highest BCUT2D eigenvalue weighted by atomic mass is 19.1. The van der Waals surface area contributed by atoms with Crippen molar-refractivity contribution in [3.05, 3.63) is 90.2 Å². The molecule has 0 aliphatic heterocycles. The predicted molar refractivity (Wildman–Crippen MR) is 127 cm³/mol. The second-order valence-corrected chi connectivity index (χ2v) is 7.41. The fraction of sp³-hybridized carbons (Fsp3) is 0.143. The summed E-state index contributed by atoms with van der Waals surface area (Å²) in [6, 6.07) is 24.8. The first-order valence-corrected chi connectivity index (χ1v) is 10.3. The monoisotopic (exact) mass is 428 g/mol. The maximum absolute atomic E-state index is 14.6. The molecule has 0 radical (unpaired) electrons. The molecule has 0 bridgehead atoms. The van der Waals surface area contributed by atoms with Crippen LogP contribution in [0.2, 0.25) is 0 Å². The van der Waals surface area contributed by atoms with Crippen molar-refractivity contribution in [1.82, 2.24) is 0 Å². The highest BCUT2D eigenvalue weighted by Crippen LogP contribution is 2.48. The molecule has 0 atom stereocenters. The molecule has 32 heavy (non-hydrogen) atoms. The smallest absolute Gasteiger partial charge is 0.127 e. The third-order valence-corrected chi connectivity index (χ3v) is 5.68. The summed E-state index contributed by atoms with van der Waals surface area (Å²) in [4.78, 5) is 0. The second-order valence-electron chi connectivity index (χ2n) is 7.41. The summed E-state index contributed by atoms with van der Waals surface area (Å²) < 4.78 is 31.6. The summed E-state index contributed by atoms with van der Waals surface area (Å²) in [6.07, 6.45) is 0. The summed E-state index contributed by atoms with van der Waals surface area (Å²) in [7, 11) is 4.93. The zero-order valence-electron chi connectivity index (χ0n) is 18.6. The van der Waals surface area contributed by atoms with Gasteiger partial charge in [-0.2, -0.15) is 0 Å². The van der Waals surface area contributed by atoms with Crippen LogP contribution in [0, 0.1) is 12.7 Å². The van der Waals surface area contributed by atoms with Gasteiger partial charge in [0.25, 0.3) is 0 Å². The minimum absolute atomic E-state index is 0.262. The van der Waals surface area contributed by atoms with Gasteiger partial charge in [0, 0.05) is 16.7 Å². The zero-order chi connectivity index (χ0) is 22.7. The standard InChI is InChI=1S/C28H25FO3/c1-18-21(12-8-13-24(18)29)28-26(32-4)16-15-22(19-9-7-10-20(17-19)30-2)27(28)23-11-5-6-14-25(23)31-3/h5-17H,1-4H3. The van der Waals surface area contributed by atoms with E-state index in [1.807, 2.05) is 66.7 Å². The topological polar surface area (TPSA) is 27.7 Å². The Kier molecular flexibility index (Phi) is 6.13. The van der Waals surface area contributed by atoms with Crippen LogP contribution in [0.15, 0.2) is 78.9 Å². The first kappa shape index (κ1) is 21.4. The molecule has 0 unspecified atom stereocenters. The van der Waals surface area contributed by atoms with Crippen molar-refractivity contribution in [1.29, 1.82) is 0 Å². The zero-order valence-corrected chi connectivity index (χ0v) is 18.6. The van der Waals surface area contributed by atoms with Crippen molar-refractivity contribution in [3.63, 3.8) is 0 Å². The molecule has 0 aliphatic rings. The van der Waals surface area contributed by atoms with E-state index in [1.54, 1.807) is 34.3 Å². The molecule has 0 saturated carbocycles. The first-order valence-electron chi connectivity index (χ1n) is 10.3. The second kappa shape index (κ2) is 9.15. The van der Waals surface area contributed by atoms with Crippen LogP contribution in [0.4, 0.5) is 4.39 Å². The molecule has 0 heterocycles. The Hall–Kier alpha value is -3.79. The SMILES string of the molecule is COc1cccc(-c2ccc(OC)c(-c3cccc(F)c3C)c2-c2ccccc2OC)c1. The van der Waals surface area contributed by atoms with Crippen molar-refractivity contribution >= 4 is 0 Å². The van der Waals surface area contributed by atoms with Gasteiger partial charge in [-0.1, -0.05) is 48.5 Å². The van der Waals surface area contributed by atoms with Crippen LogP contribution in [0.3, 0.4) is 0 Å². The number of halogens is 1. The van der Waals surface area contributed by atoms with Crippen LogP contribution in [0.5, 0.6) is 17.2 Å². The lowest BCUT2D eigenvalue weighted by Gasteiger charge is -2.22. The van der Waals surface area contributed by atoms with Gasteiger partial charge in [-0.3, -0.25) is 0 Å². The van der Waals surface area contributed by atoms with E-state index in [-0.39, 0.29) is 5.82 Å². The molecule has 3 nitrogen and oxygen atoms in total. The average Bonchev–Trinajstić information content (AvgIpc) is 2.85. The Morgan fingerprint density at radius 1 is 0.594 bits per heavy atom. The molecule has 4 aromatic carbocycles. The number of hydrogen-bond acceptors (Lipinski definition) is 3. The molecule has 0 aromatic heterocycles. The maximum atomic E-state index is 14.6. The van der Waals surface area contributed by atoms with Gasteiger partial charge in [0.15, 0.2) is 0 Å². The quantitative estimate of drug-likeness (QED) is 0.326. The van der Waals surface area contributed by atoms with Crippen LogP contribution in [-0.4, -0.2) is 21.3 Å². The highest BCUT2D eigenvalue weighted by molar-refractivity contribution is 5.99. The normalized spacial score (nSPS) is 10.7. The van der Waals surface area contributed by atoms with Crippen LogP contribution in [0.1, 0.15) is 5.56 Å². The number of rotatable bonds is 6. The highest BCUT2D eigenvalue weighted by Gasteiger charge is 2.23. The van der Waals surface area contributed by atoms with E-state index >= 15 is 0 Å². The molecule has 0 saturated heterocycles. The average molecular weight is 429 g/mol. The minimum Gasteiger partial charge on any atom is -0.497 e. The molecule has 162 valence electrons. The molecule has 4 rings (SSSR count). The van der Waals surface area contributed by atoms with E-state index in [4.69, 9.17) is 14.2 Å². The summed E-state index contributed by atoms with van der Waals surface area (Å²) in [5.41, 5.74) is 5.89. The van der Waals surface area contributed by atoms with Crippen LogP contribution < -0.4 is 14.2 Å². The van der Waals surface area contributed by atoms with E-state index in [0.29, 0.717) is 11.3 Å². The van der Waals surface area contributed by atoms with E-state index < -0.39 is 0 Å². The summed E-state index contributed by atoms with van der Waals surface area (Å²) >= 11 is 0. The Morgan fingerprint density at radius 3 is 2.06 bits per heavy atom. The van der Waals surface area contributed by atoms with Gasteiger partial charge < -0.3 is 14.2 Å². The van der Waals surface area contributed by atoms with Gasteiger partial charge in [0.05, 0.1) is 21.3 Å². The van der Waals surface area contributed by atoms with Gasteiger partial charge >= 0.3 is 0 Å². The van der Waals surface area contributed by atoms with Crippen molar-refractivity contribution in [2.45, 2.75) is 6.92 Å². The lowest BCUT2D eigenvalue weighted by Crippen LogP contribution is -1.99. The van der Waals surface area contributed by atoms with Crippen LogP contribution in [-0.2, 0) is 0 Å². The van der Waals surface area contributed by atoms with Crippen molar-refractivity contribution in [3.8, 4) is 50.6 Å². The Bertz CT molecular complexity index is 1260. The van der Waals surface area contributed by atoms with E-state index in [2.05, 4.69) is 0 Å². The molecule has 0 aliphatic carbocycles. The summed E-state index contributed by atoms with van der Waals surface area (Å²) in [6.45, 7) is 1.79. The molecule has 0 spiro atoms. The number of para-hydroxylation sites is 1. The number of benzene rings is 4. The first-order chi connectivity index (χ1) is 15.6. The molecule has 0 amide bonds. The number of ether oxygens (including phenoxy) is 3. The number of methoxy groups -OCH3 is 3. The van der Waals surface area contributed by atoms with E-state index in [0.717, 1.165) is 44.9 Å². The predicted octanol–water partition coefficient (Wildman–Crippen LogP) is 7.16. The largest absolute Gasteiger partial charge is 0.497 e. The van der Waals surface area contributed by atoms with Gasteiger partial charge in [0.1, 0.15) is 23.1 Å². The van der Waals surface area contributed by atoms with Crippen LogP contribution in [0.25, 0.3) is 33.4 Å². The van der Waals surface area contributed by atoms with Crippen LogP contribution >= 0.6 is 0 Å². The van der Waals surface area contributed by atoms with E-state index in [1.165, 1.54) is 6.07 Å². The summed E-state index contributed by atoms with van der Waals surface area (Å²) in [5, 5.41) is 0. The van der Waals surface area contributed by atoms with Gasteiger partial charge in [-0.15, -0.1) is 0 Å². The summed E-state index contributed by atoms with van der Waals surface area (Å²) in [5.74, 6) is 1.88. The molecule has 4 aromatic rings. The molecule has 4 heteroatoms. The lowest BCUT2D eigenvalue weighted by molar-refractivity contribution is 0.414. The van der Waals surface area contributed by atoms with Gasteiger partial charge in [0.2, 0.25) is 0 Å². The Balaban J connectivity index is 2.16. The third kappa shape index (κ3) is 3.80. The van der Waals surface area contributed by atoms with Gasteiger partial charge in [-0.05, 0) is 59.5 Å². The van der Waals surface area contributed by atoms with E-state index in [9.17, 15) is 4.39 Å². The molecule has 0 fully saturated rings. The van der Waals surface area contributed by atoms with Crippen molar-refractivity contribution in [2.75, 3.05) is 21.3 Å². The Morgan fingerprint density at radius 2 is 1.31 bits per heavy atom. The number of hydrogen-bond donors (Lipinski definition) is 0. The third-order valence-electron chi connectivity index (χ3n) is 5.68. The Labute approximate surface area is 188 Å². The van der Waals surface area contributed by atoms with Crippen molar-refractivity contribution in [2.24, 2.45) is 0 Å². The molecular weight excluding hydrogens is 403 g/mol.